The van der Waals surface area contributed by atoms with Gasteiger partial charge in [-0.1, -0.05) is 11.6 Å². The molecule has 1 unspecified atom stereocenters. The summed E-state index contributed by atoms with van der Waals surface area (Å²) in [6.07, 6.45) is -3.23. The van der Waals surface area contributed by atoms with E-state index < -0.39 is 36.2 Å². The Bertz CT molecular complexity index is 971. The van der Waals surface area contributed by atoms with Gasteiger partial charge in [0, 0.05) is 24.0 Å². The summed E-state index contributed by atoms with van der Waals surface area (Å²) in [4.78, 5) is 13.3. The molecule has 1 fully saturated rings. The van der Waals surface area contributed by atoms with E-state index in [1.165, 1.54) is 11.0 Å². The third-order valence-corrected chi connectivity index (χ3v) is 6.39. The van der Waals surface area contributed by atoms with Crippen molar-refractivity contribution >= 4 is 28.5 Å². The lowest BCUT2D eigenvalue weighted by atomic mass is 9.75. The zero-order valence-corrected chi connectivity index (χ0v) is 16.2. The zero-order chi connectivity index (χ0) is 21.1. The van der Waals surface area contributed by atoms with Gasteiger partial charge in [0.15, 0.2) is 0 Å². The Morgan fingerprint density at radius 3 is 2.69 bits per heavy atom. The average Bonchev–Trinajstić information content (AvgIpc) is 3.18. The topological polar surface area (TPSA) is 70.4 Å². The number of piperidine rings is 1. The van der Waals surface area contributed by atoms with E-state index in [1.807, 2.05) is 5.32 Å². The van der Waals surface area contributed by atoms with E-state index in [0.29, 0.717) is 23.7 Å². The van der Waals surface area contributed by atoms with Crippen LogP contribution in [-0.2, 0) is 5.54 Å². The summed E-state index contributed by atoms with van der Waals surface area (Å²) in [6.45, 7) is 0.839. The van der Waals surface area contributed by atoms with Gasteiger partial charge in [-0.05, 0) is 31.7 Å². The molecule has 2 aromatic rings. The Morgan fingerprint density at radius 2 is 2.07 bits per heavy atom. The molecule has 0 spiro atoms. The summed E-state index contributed by atoms with van der Waals surface area (Å²) in [5.74, 6) is -0.848. The minimum absolute atomic E-state index is 0.0912. The van der Waals surface area contributed by atoms with Gasteiger partial charge in [-0.3, -0.25) is 4.68 Å². The van der Waals surface area contributed by atoms with Crippen molar-refractivity contribution in [2.24, 2.45) is 5.92 Å². The fourth-order valence-corrected chi connectivity index (χ4v) is 4.76. The van der Waals surface area contributed by atoms with Crippen molar-refractivity contribution in [1.82, 2.24) is 20.0 Å². The lowest BCUT2D eigenvalue weighted by Gasteiger charge is -2.42. The first-order valence-electron chi connectivity index (χ1n) is 9.17. The number of nitrogens with one attached hydrogen (secondary N) is 1. The van der Waals surface area contributed by atoms with Crippen LogP contribution in [0, 0.1) is 11.7 Å². The van der Waals surface area contributed by atoms with E-state index in [1.54, 1.807) is 17.8 Å². The van der Waals surface area contributed by atoms with Crippen molar-refractivity contribution in [1.29, 1.82) is 0 Å². The molecule has 0 saturated carbocycles. The van der Waals surface area contributed by atoms with Crippen LogP contribution in [-0.4, -0.2) is 51.6 Å². The number of hydrogen-bond donors (Lipinski definition) is 2. The molecular formula is C18H19ClF4N4O2. The largest absolute Gasteiger partial charge is 0.405 e. The van der Waals surface area contributed by atoms with Crippen molar-refractivity contribution in [3.63, 3.8) is 0 Å². The number of aliphatic hydroxyl groups excluding tert-OH is 1. The van der Waals surface area contributed by atoms with E-state index in [0.717, 1.165) is 0 Å². The van der Waals surface area contributed by atoms with Crippen LogP contribution in [0.2, 0.25) is 5.02 Å². The van der Waals surface area contributed by atoms with Crippen molar-refractivity contribution in [2.75, 3.05) is 19.6 Å². The molecule has 2 atom stereocenters. The van der Waals surface area contributed by atoms with Crippen molar-refractivity contribution in [2.45, 2.75) is 37.6 Å². The Balaban J connectivity index is 1.53. The molecule has 2 aliphatic heterocycles. The number of carbonyl (C=O) groups excluding carboxylic acids is 1. The van der Waals surface area contributed by atoms with Crippen LogP contribution in [0.25, 0.3) is 10.9 Å². The van der Waals surface area contributed by atoms with Crippen LogP contribution >= 0.6 is 11.6 Å². The van der Waals surface area contributed by atoms with Gasteiger partial charge in [0.05, 0.1) is 22.3 Å². The van der Waals surface area contributed by atoms with Gasteiger partial charge < -0.3 is 15.3 Å². The van der Waals surface area contributed by atoms with Crippen molar-refractivity contribution in [3.8, 4) is 0 Å². The third kappa shape index (κ3) is 3.13. The molecule has 3 heterocycles. The second kappa shape index (κ2) is 6.73. The lowest BCUT2D eigenvalue weighted by Crippen LogP contribution is -2.51. The number of nitrogens with zero attached hydrogens (tertiary/aromatic N) is 3. The Morgan fingerprint density at radius 1 is 1.41 bits per heavy atom. The van der Waals surface area contributed by atoms with Crippen LogP contribution in [0.1, 0.15) is 31.4 Å². The van der Waals surface area contributed by atoms with Crippen molar-refractivity contribution < 1.29 is 27.5 Å². The number of hydrogen-bond acceptors (Lipinski definition) is 3. The highest BCUT2D eigenvalue weighted by molar-refractivity contribution is 6.31. The first-order chi connectivity index (χ1) is 13.5. The van der Waals surface area contributed by atoms with Gasteiger partial charge in [-0.25, -0.2) is 9.18 Å². The molecule has 1 aromatic heterocycles. The maximum absolute atomic E-state index is 14.7. The lowest BCUT2D eigenvalue weighted by molar-refractivity contribution is -0.123. The Hall–Kier alpha value is -2.07. The summed E-state index contributed by atoms with van der Waals surface area (Å²) in [5.41, 5.74) is -0.352. The number of aromatic nitrogens is 2. The molecule has 2 aliphatic rings. The molecular weight excluding hydrogens is 416 g/mol. The zero-order valence-electron chi connectivity index (χ0n) is 15.4. The number of benzene rings is 1. The fourth-order valence-electron chi connectivity index (χ4n) is 4.54. The Labute approximate surface area is 168 Å². The molecule has 0 aliphatic carbocycles. The maximum Gasteiger partial charge on any atom is 0.405 e. The number of rotatable bonds is 2. The molecule has 0 radical (unpaired) electrons. The molecule has 11 heteroatoms. The highest BCUT2D eigenvalue weighted by Crippen LogP contribution is 2.52. The summed E-state index contributed by atoms with van der Waals surface area (Å²) in [6, 6.07) is 0.686. The van der Waals surface area contributed by atoms with Crippen molar-refractivity contribution in [3.05, 3.63) is 28.7 Å². The first-order valence-corrected chi connectivity index (χ1v) is 9.55. The van der Waals surface area contributed by atoms with E-state index in [4.69, 9.17) is 11.6 Å². The molecule has 6 nitrogen and oxygen atoms in total. The van der Waals surface area contributed by atoms with Crippen LogP contribution in [0.5, 0.6) is 0 Å². The van der Waals surface area contributed by atoms with E-state index in [2.05, 4.69) is 5.10 Å². The average molecular weight is 435 g/mol. The number of aliphatic hydroxyl groups is 1. The molecule has 158 valence electrons. The van der Waals surface area contributed by atoms with Gasteiger partial charge in [0.25, 0.3) is 0 Å². The minimum atomic E-state index is -4.47. The fraction of sp³-hybridized carbons (Fsp3) is 0.556. The standard InChI is InChI=1S/C18H19ClF4N4O2/c1-17(10-2-4-26(5-3-10)16(29)24-8-18(21,22)23)15(28)12-13(20)11(19)6-9-7-25-27(17)14(9)12/h6-7,10,15,28H,2-5,8H2,1H3,(H,24,29)/t15-,17?/m1/s1. The van der Waals surface area contributed by atoms with Gasteiger partial charge in [0.2, 0.25) is 0 Å². The smallest absolute Gasteiger partial charge is 0.386 e. The SMILES string of the molecule is CC1(C2CCN(C(=O)NCC(F)(F)F)CC2)[C@H](O)c2c(F)c(Cl)cc3cnn1c23. The summed E-state index contributed by atoms with van der Waals surface area (Å²) in [5, 5.41) is 17.8. The van der Waals surface area contributed by atoms with Gasteiger partial charge >= 0.3 is 12.2 Å². The monoisotopic (exact) mass is 434 g/mol. The van der Waals surface area contributed by atoms with Crippen LogP contribution in [0.4, 0.5) is 22.4 Å². The number of amides is 2. The van der Waals surface area contributed by atoms with E-state index in [-0.39, 0.29) is 29.6 Å². The number of likely N-dealkylation sites (tertiary alicyclic amines) is 1. The number of alkyl halides is 3. The quantitative estimate of drug-likeness (QED) is 0.710. The highest BCUT2D eigenvalue weighted by atomic mass is 35.5. The molecule has 29 heavy (non-hydrogen) atoms. The Kier molecular flexibility index (Phi) is 4.69. The van der Waals surface area contributed by atoms with Gasteiger partial charge in [-0.2, -0.15) is 18.3 Å². The molecule has 2 N–H and O–H groups in total. The molecule has 1 saturated heterocycles. The summed E-state index contributed by atoms with van der Waals surface area (Å²) >= 11 is 5.96. The molecule has 2 amide bonds. The second-order valence-corrected chi connectivity index (χ2v) is 8.15. The van der Waals surface area contributed by atoms with Gasteiger partial charge in [-0.15, -0.1) is 0 Å². The molecule has 4 rings (SSSR count). The van der Waals surface area contributed by atoms with E-state index in [9.17, 15) is 27.5 Å². The number of carbonyl (C=O) groups is 1. The number of urea groups is 1. The molecule has 0 bridgehead atoms. The van der Waals surface area contributed by atoms with Crippen LogP contribution < -0.4 is 5.32 Å². The highest BCUT2D eigenvalue weighted by Gasteiger charge is 2.52. The third-order valence-electron chi connectivity index (χ3n) is 6.11. The van der Waals surface area contributed by atoms with Crippen LogP contribution in [0.3, 0.4) is 0 Å². The number of halogens is 5. The van der Waals surface area contributed by atoms with Gasteiger partial charge in [0.1, 0.15) is 18.5 Å². The van der Waals surface area contributed by atoms with E-state index >= 15 is 0 Å². The first kappa shape index (κ1) is 20.2. The normalized spacial score (nSPS) is 25.1. The maximum atomic E-state index is 14.7. The summed E-state index contributed by atoms with van der Waals surface area (Å²) < 4.78 is 53.2. The second-order valence-electron chi connectivity index (χ2n) is 7.74. The summed E-state index contributed by atoms with van der Waals surface area (Å²) in [7, 11) is 0. The molecule has 1 aromatic carbocycles. The predicted octanol–water partition coefficient (Wildman–Crippen LogP) is 3.57. The van der Waals surface area contributed by atoms with Crippen LogP contribution in [0.15, 0.2) is 12.3 Å². The predicted molar refractivity (Wildman–Crippen MR) is 97.1 cm³/mol. The minimum Gasteiger partial charge on any atom is -0.386 e.